The molecule has 1 amide bonds. The van der Waals surface area contributed by atoms with Gasteiger partial charge in [0.05, 0.1) is 16.6 Å². The second-order valence-electron chi connectivity index (χ2n) is 6.49. The maximum Gasteiger partial charge on any atom is 0.270 e. The molecule has 3 rings (SSSR count). The number of anilines is 2. The van der Waals surface area contributed by atoms with Crippen molar-refractivity contribution in [1.82, 2.24) is 20.3 Å². The second kappa shape index (κ2) is 8.18. The molecule has 28 heavy (non-hydrogen) atoms. The van der Waals surface area contributed by atoms with Gasteiger partial charge < -0.3 is 16.4 Å². The lowest BCUT2D eigenvalue weighted by molar-refractivity contribution is 0.0934. The van der Waals surface area contributed by atoms with Gasteiger partial charge in [0.1, 0.15) is 22.8 Å². The zero-order chi connectivity index (χ0) is 20.3. The molecule has 1 aromatic carbocycles. The Morgan fingerprint density at radius 2 is 1.96 bits per heavy atom. The van der Waals surface area contributed by atoms with Crippen molar-refractivity contribution in [2.75, 3.05) is 11.1 Å². The summed E-state index contributed by atoms with van der Waals surface area (Å²) in [4.78, 5) is 25.4. The molecular formula is C20H22N6OS. The van der Waals surface area contributed by atoms with E-state index in [1.54, 1.807) is 6.20 Å². The minimum absolute atomic E-state index is 0.219. The summed E-state index contributed by atoms with van der Waals surface area (Å²) >= 11 is 1.47. The smallest absolute Gasteiger partial charge is 0.270 e. The van der Waals surface area contributed by atoms with Gasteiger partial charge in [0.2, 0.25) is 0 Å². The zero-order valence-electron chi connectivity index (χ0n) is 16.0. The molecule has 0 spiro atoms. The molecule has 4 N–H and O–H groups in total. The van der Waals surface area contributed by atoms with Crippen LogP contribution in [-0.4, -0.2) is 20.9 Å². The number of aryl methyl sites for hydroxylation is 2. The van der Waals surface area contributed by atoms with Gasteiger partial charge in [0.25, 0.3) is 5.91 Å². The van der Waals surface area contributed by atoms with Crippen LogP contribution in [0.15, 0.2) is 43.4 Å². The van der Waals surface area contributed by atoms with Crippen molar-refractivity contribution < 1.29 is 4.79 Å². The molecule has 2 aromatic heterocycles. The second-order valence-corrected chi connectivity index (χ2v) is 7.55. The lowest BCUT2D eigenvalue weighted by Crippen LogP contribution is -2.27. The summed E-state index contributed by atoms with van der Waals surface area (Å²) in [7, 11) is 0. The average Bonchev–Trinajstić information content (AvgIpc) is 3.15. The maximum atomic E-state index is 12.3. The van der Waals surface area contributed by atoms with Gasteiger partial charge >= 0.3 is 0 Å². The van der Waals surface area contributed by atoms with E-state index >= 15 is 0 Å². The maximum absolute atomic E-state index is 12.3. The lowest BCUT2D eigenvalue weighted by Gasteiger charge is -2.11. The van der Waals surface area contributed by atoms with E-state index in [4.69, 9.17) is 5.73 Å². The number of amides is 1. The average molecular weight is 395 g/mol. The van der Waals surface area contributed by atoms with Gasteiger partial charge in [0, 0.05) is 18.0 Å². The quantitative estimate of drug-likeness (QED) is 0.588. The van der Waals surface area contributed by atoms with Crippen molar-refractivity contribution in [3.63, 3.8) is 0 Å². The number of aromatic nitrogens is 3. The molecule has 3 aromatic rings. The number of nitrogen functional groups attached to an aromatic ring is 1. The van der Waals surface area contributed by atoms with E-state index in [-0.39, 0.29) is 23.5 Å². The molecule has 0 fully saturated rings. The summed E-state index contributed by atoms with van der Waals surface area (Å²) in [5.41, 5.74) is 10.0. The Morgan fingerprint density at radius 1 is 1.18 bits per heavy atom. The Bertz CT molecular complexity index is 1030. The van der Waals surface area contributed by atoms with E-state index in [0.29, 0.717) is 0 Å². The Labute approximate surface area is 167 Å². The van der Waals surface area contributed by atoms with Crippen molar-refractivity contribution in [3.8, 4) is 0 Å². The molecule has 0 bridgehead atoms. The number of hydrogen-bond donors (Lipinski definition) is 3. The Kier molecular flexibility index (Phi) is 5.70. The number of thiazole rings is 1. The van der Waals surface area contributed by atoms with E-state index in [1.807, 2.05) is 13.0 Å². The first-order chi connectivity index (χ1) is 13.3. The Morgan fingerprint density at radius 3 is 2.68 bits per heavy atom. The van der Waals surface area contributed by atoms with Crippen molar-refractivity contribution in [3.05, 3.63) is 70.1 Å². The van der Waals surface area contributed by atoms with E-state index in [9.17, 15) is 4.79 Å². The van der Waals surface area contributed by atoms with Crippen LogP contribution in [-0.2, 0) is 0 Å². The third-order valence-electron chi connectivity index (χ3n) is 4.26. The highest BCUT2D eigenvalue weighted by Crippen LogP contribution is 2.27. The monoisotopic (exact) mass is 394 g/mol. The summed E-state index contributed by atoms with van der Waals surface area (Å²) in [6.45, 7) is 10.1. The minimum atomic E-state index is -0.328. The van der Waals surface area contributed by atoms with Gasteiger partial charge in [-0.3, -0.25) is 4.79 Å². The number of benzene rings is 1. The summed E-state index contributed by atoms with van der Waals surface area (Å²) in [5, 5.41) is 6.95. The van der Waals surface area contributed by atoms with E-state index in [2.05, 4.69) is 58.1 Å². The highest BCUT2D eigenvalue weighted by atomic mass is 32.1. The third-order valence-corrected chi connectivity index (χ3v) is 5.50. The number of nitrogens with one attached hydrogen (secondary N) is 2. The van der Waals surface area contributed by atoms with E-state index in [1.165, 1.54) is 34.9 Å². The molecule has 1 unspecified atom stereocenters. The van der Waals surface area contributed by atoms with Crippen LogP contribution in [0.3, 0.4) is 0 Å². The fourth-order valence-corrected chi connectivity index (χ4v) is 3.36. The molecule has 0 aliphatic heterocycles. The number of nitrogens with two attached hydrogens (primary N) is 1. The summed E-state index contributed by atoms with van der Waals surface area (Å²) in [6, 6.07) is 7.33. The molecule has 0 radical (unpaired) electrons. The number of carbonyl (C=O) groups is 1. The fraction of sp³-hybridized carbons (Fsp3) is 0.200. The molecule has 1 atom stereocenters. The van der Waals surface area contributed by atoms with Gasteiger partial charge in [-0.05, 0) is 44.0 Å². The van der Waals surface area contributed by atoms with Crippen molar-refractivity contribution in [2.24, 2.45) is 0 Å². The van der Waals surface area contributed by atoms with Crippen LogP contribution < -0.4 is 16.4 Å². The van der Waals surface area contributed by atoms with Gasteiger partial charge in [-0.25, -0.2) is 15.0 Å². The molecule has 0 saturated carbocycles. The highest BCUT2D eigenvalue weighted by Gasteiger charge is 2.17. The van der Waals surface area contributed by atoms with Crippen LogP contribution in [0.1, 0.15) is 44.5 Å². The molecule has 7 nitrogen and oxygen atoms in total. The molecule has 0 aliphatic rings. The summed E-state index contributed by atoms with van der Waals surface area (Å²) in [6.07, 6.45) is 3.01. The summed E-state index contributed by atoms with van der Waals surface area (Å²) in [5.74, 6) is -0.0801. The first-order valence-electron chi connectivity index (χ1n) is 8.71. The number of hydrogen-bond acceptors (Lipinski definition) is 7. The van der Waals surface area contributed by atoms with Crippen LogP contribution in [0.2, 0.25) is 0 Å². The molecule has 144 valence electrons. The van der Waals surface area contributed by atoms with E-state index < -0.39 is 0 Å². The van der Waals surface area contributed by atoms with Crippen molar-refractivity contribution in [2.45, 2.75) is 26.8 Å². The largest absolute Gasteiger partial charge is 0.384 e. The Hall–Kier alpha value is -3.26. The Balaban J connectivity index is 1.66. The zero-order valence-corrected chi connectivity index (χ0v) is 16.8. The van der Waals surface area contributed by atoms with Gasteiger partial charge in [-0.1, -0.05) is 12.6 Å². The molecule has 0 saturated heterocycles. The normalized spacial score (nSPS) is 11.7. The number of rotatable bonds is 6. The topological polar surface area (TPSA) is 106 Å². The van der Waals surface area contributed by atoms with Crippen LogP contribution in [0.4, 0.5) is 11.5 Å². The van der Waals surface area contributed by atoms with Crippen molar-refractivity contribution >= 4 is 34.4 Å². The number of carbonyl (C=O) groups excluding carboxylic acids is 1. The minimum Gasteiger partial charge on any atom is -0.384 e. The first kappa shape index (κ1) is 19.5. The molecule has 2 heterocycles. The first-order valence-corrected chi connectivity index (χ1v) is 9.53. The highest BCUT2D eigenvalue weighted by molar-refractivity contribution is 7.12. The SMILES string of the molecule is C=C(Nc1ccc(C)c(C)c1)c1cnc(C(C)NC(=O)c2cc(N)ncn2)s1. The third kappa shape index (κ3) is 4.52. The van der Waals surface area contributed by atoms with Crippen LogP contribution in [0.5, 0.6) is 0 Å². The molecular weight excluding hydrogens is 372 g/mol. The summed E-state index contributed by atoms with van der Waals surface area (Å²) < 4.78 is 0. The standard InChI is InChI=1S/C20H22N6OS/c1-11-5-6-15(7-12(11)2)25-13(3)17-9-22-20(28-17)14(4)26-19(27)16-8-18(21)24-10-23-16/h5-10,14,25H,3H2,1-2,4H3,(H,26,27)(H2,21,23,24). The van der Waals surface area contributed by atoms with Gasteiger partial charge in [-0.15, -0.1) is 11.3 Å². The predicted molar refractivity (Wildman–Crippen MR) is 113 cm³/mol. The molecule has 8 heteroatoms. The fourth-order valence-electron chi connectivity index (χ4n) is 2.51. The van der Waals surface area contributed by atoms with Crippen LogP contribution in [0, 0.1) is 13.8 Å². The lowest BCUT2D eigenvalue weighted by atomic mass is 10.1. The van der Waals surface area contributed by atoms with Gasteiger partial charge in [0.15, 0.2) is 0 Å². The van der Waals surface area contributed by atoms with Crippen LogP contribution in [0.25, 0.3) is 5.70 Å². The predicted octanol–water partition coefficient (Wildman–Crippen LogP) is 3.71. The van der Waals surface area contributed by atoms with E-state index in [0.717, 1.165) is 21.3 Å². The van der Waals surface area contributed by atoms with Crippen LogP contribution >= 0.6 is 11.3 Å². The van der Waals surface area contributed by atoms with Gasteiger partial charge in [-0.2, -0.15) is 0 Å². The van der Waals surface area contributed by atoms with Crippen molar-refractivity contribution in [1.29, 1.82) is 0 Å². The molecule has 0 aliphatic carbocycles. The number of nitrogens with zero attached hydrogens (tertiary/aromatic N) is 3.